The van der Waals surface area contributed by atoms with Crippen molar-refractivity contribution in [2.45, 2.75) is 13.5 Å². The summed E-state index contributed by atoms with van der Waals surface area (Å²) in [6.07, 6.45) is 6.80. The molecule has 2 saturated heterocycles. The highest BCUT2D eigenvalue weighted by molar-refractivity contribution is 5.94. The Bertz CT molecular complexity index is 960. The molecule has 0 aliphatic carbocycles. The predicted octanol–water partition coefficient (Wildman–Crippen LogP) is 2.52. The molecule has 1 spiro atoms. The first-order valence-electron chi connectivity index (χ1n) is 9.63. The van der Waals surface area contributed by atoms with Crippen molar-refractivity contribution in [3.8, 4) is 0 Å². The van der Waals surface area contributed by atoms with Gasteiger partial charge in [-0.3, -0.25) is 9.48 Å². The second-order valence-corrected chi connectivity index (χ2v) is 8.03. The molecular formula is C21H23N5O2. The van der Waals surface area contributed by atoms with Gasteiger partial charge in [0.15, 0.2) is 0 Å². The Hall–Kier alpha value is -3.09. The summed E-state index contributed by atoms with van der Waals surface area (Å²) in [6.45, 7) is 6.21. The fourth-order valence-electron chi connectivity index (χ4n) is 4.43. The summed E-state index contributed by atoms with van der Waals surface area (Å²) in [5, 5.41) is 4.38. The van der Waals surface area contributed by atoms with E-state index >= 15 is 0 Å². The van der Waals surface area contributed by atoms with E-state index in [0.717, 1.165) is 26.2 Å². The molecule has 7 nitrogen and oxygen atoms in total. The zero-order valence-electron chi connectivity index (χ0n) is 15.9. The molecule has 0 saturated carbocycles. The van der Waals surface area contributed by atoms with Gasteiger partial charge in [0.25, 0.3) is 11.9 Å². The number of oxazole rings is 1. The molecule has 0 bridgehead atoms. The maximum absolute atomic E-state index is 13.0. The van der Waals surface area contributed by atoms with Gasteiger partial charge in [-0.2, -0.15) is 5.10 Å². The molecule has 0 radical (unpaired) electrons. The largest absolute Gasteiger partial charge is 0.432 e. The molecule has 2 aromatic heterocycles. The minimum Gasteiger partial charge on any atom is -0.432 e. The Balaban J connectivity index is 1.24. The Morgan fingerprint density at radius 1 is 1.25 bits per heavy atom. The molecule has 144 valence electrons. The summed E-state index contributed by atoms with van der Waals surface area (Å²) in [7, 11) is 0. The molecular weight excluding hydrogens is 354 g/mol. The van der Waals surface area contributed by atoms with Gasteiger partial charge in [-0.15, -0.1) is 0 Å². The molecule has 1 unspecified atom stereocenters. The first-order valence-corrected chi connectivity index (χ1v) is 9.63. The molecule has 5 rings (SSSR count). The molecule has 1 amide bonds. The van der Waals surface area contributed by atoms with Gasteiger partial charge in [0, 0.05) is 37.8 Å². The Morgan fingerprint density at radius 3 is 2.82 bits per heavy atom. The number of hydrogen-bond acceptors (Lipinski definition) is 5. The van der Waals surface area contributed by atoms with E-state index in [1.54, 1.807) is 18.7 Å². The van der Waals surface area contributed by atoms with Crippen LogP contribution in [-0.4, -0.2) is 51.8 Å². The molecule has 2 aliphatic rings. The van der Waals surface area contributed by atoms with Gasteiger partial charge in [-0.05, 0) is 11.5 Å². The summed E-state index contributed by atoms with van der Waals surface area (Å²) in [5.41, 5.74) is 1.95. The van der Waals surface area contributed by atoms with E-state index in [4.69, 9.17) is 4.42 Å². The number of nitrogens with zero attached hydrogens (tertiary/aromatic N) is 5. The quantitative estimate of drug-likeness (QED) is 0.699. The minimum absolute atomic E-state index is 0.0672. The van der Waals surface area contributed by atoms with Gasteiger partial charge >= 0.3 is 0 Å². The van der Waals surface area contributed by atoms with E-state index in [9.17, 15) is 4.79 Å². The van der Waals surface area contributed by atoms with Crippen LogP contribution in [0.1, 0.15) is 22.8 Å². The van der Waals surface area contributed by atoms with E-state index in [1.807, 2.05) is 34.0 Å². The number of hydrogen-bond donors (Lipinski definition) is 0. The summed E-state index contributed by atoms with van der Waals surface area (Å²) in [4.78, 5) is 21.4. The lowest BCUT2D eigenvalue weighted by molar-refractivity contribution is 0.0760. The van der Waals surface area contributed by atoms with Crippen LogP contribution in [0.5, 0.6) is 0 Å². The van der Waals surface area contributed by atoms with Crippen LogP contribution in [0.4, 0.5) is 6.01 Å². The van der Waals surface area contributed by atoms with E-state index in [-0.39, 0.29) is 11.3 Å². The highest BCUT2D eigenvalue weighted by Gasteiger charge is 2.54. The van der Waals surface area contributed by atoms with Crippen LogP contribution in [0.15, 0.2) is 59.6 Å². The van der Waals surface area contributed by atoms with Gasteiger partial charge in [-0.25, -0.2) is 4.98 Å². The second-order valence-electron chi connectivity index (χ2n) is 8.03. The summed E-state index contributed by atoms with van der Waals surface area (Å²) < 4.78 is 7.22. The van der Waals surface area contributed by atoms with Crippen molar-refractivity contribution in [2.24, 2.45) is 11.3 Å². The van der Waals surface area contributed by atoms with E-state index in [2.05, 4.69) is 34.0 Å². The van der Waals surface area contributed by atoms with Crippen molar-refractivity contribution in [3.05, 3.63) is 66.3 Å². The fourth-order valence-corrected chi connectivity index (χ4v) is 4.43. The molecule has 0 N–H and O–H groups in total. The summed E-state index contributed by atoms with van der Waals surface area (Å²) in [5.74, 6) is 0.514. The first-order chi connectivity index (χ1) is 13.6. The third kappa shape index (κ3) is 2.87. The zero-order chi connectivity index (χ0) is 19.1. The Labute approximate surface area is 163 Å². The third-order valence-corrected chi connectivity index (χ3v) is 6.10. The SMILES string of the molecule is CC1CN(C(=O)c2cnn(Cc3ccccc3)c2)CC12CN(c1ncco1)C2. The average molecular weight is 377 g/mol. The number of carbonyl (C=O) groups is 1. The van der Waals surface area contributed by atoms with E-state index in [1.165, 1.54) is 5.56 Å². The summed E-state index contributed by atoms with van der Waals surface area (Å²) >= 11 is 0. The Morgan fingerprint density at radius 2 is 2.07 bits per heavy atom. The highest BCUT2D eigenvalue weighted by Crippen LogP contribution is 2.45. The molecule has 7 heteroatoms. The van der Waals surface area contributed by atoms with Crippen LogP contribution in [-0.2, 0) is 6.54 Å². The molecule has 3 aromatic rings. The van der Waals surface area contributed by atoms with Crippen LogP contribution >= 0.6 is 0 Å². The van der Waals surface area contributed by atoms with Crippen molar-refractivity contribution < 1.29 is 9.21 Å². The van der Waals surface area contributed by atoms with Gasteiger partial charge < -0.3 is 14.2 Å². The van der Waals surface area contributed by atoms with Gasteiger partial charge in [0.2, 0.25) is 0 Å². The topological polar surface area (TPSA) is 67.4 Å². The molecule has 1 aromatic carbocycles. The maximum atomic E-state index is 13.0. The standard InChI is InChI=1S/C21H23N5O2/c1-16-10-24(13-21(16)14-25(15-21)20-22-7-8-28-20)19(27)18-9-23-26(12-18)11-17-5-3-2-4-6-17/h2-9,12,16H,10-11,13-15H2,1H3. The maximum Gasteiger partial charge on any atom is 0.297 e. The number of benzene rings is 1. The minimum atomic E-state index is 0.0672. The van der Waals surface area contributed by atoms with Gasteiger partial charge in [0.1, 0.15) is 6.26 Å². The van der Waals surface area contributed by atoms with Crippen molar-refractivity contribution >= 4 is 11.9 Å². The number of aromatic nitrogens is 3. The van der Waals surface area contributed by atoms with Crippen LogP contribution < -0.4 is 4.90 Å². The van der Waals surface area contributed by atoms with Gasteiger partial charge in [0.05, 0.1) is 24.5 Å². The van der Waals surface area contributed by atoms with Crippen molar-refractivity contribution in [2.75, 3.05) is 31.1 Å². The zero-order valence-corrected chi connectivity index (χ0v) is 15.9. The number of anilines is 1. The summed E-state index contributed by atoms with van der Waals surface area (Å²) in [6, 6.07) is 10.8. The van der Waals surface area contributed by atoms with Crippen molar-refractivity contribution in [1.29, 1.82) is 0 Å². The van der Waals surface area contributed by atoms with Gasteiger partial charge in [-0.1, -0.05) is 37.3 Å². The highest BCUT2D eigenvalue weighted by atomic mass is 16.4. The molecule has 1 atom stereocenters. The third-order valence-electron chi connectivity index (χ3n) is 6.10. The van der Waals surface area contributed by atoms with Crippen LogP contribution in [0.2, 0.25) is 0 Å². The predicted molar refractivity (Wildman–Crippen MR) is 104 cm³/mol. The lowest BCUT2D eigenvalue weighted by Gasteiger charge is -2.49. The number of rotatable bonds is 4. The van der Waals surface area contributed by atoms with E-state index < -0.39 is 0 Å². The first kappa shape index (κ1) is 17.0. The Kier molecular flexibility index (Phi) is 3.96. The molecule has 2 aliphatic heterocycles. The van der Waals surface area contributed by atoms with Crippen LogP contribution in [0.3, 0.4) is 0 Å². The molecule has 28 heavy (non-hydrogen) atoms. The lowest BCUT2D eigenvalue weighted by atomic mass is 9.72. The normalized spacial score (nSPS) is 20.5. The average Bonchev–Trinajstić information content (AvgIpc) is 3.40. The van der Waals surface area contributed by atoms with Crippen molar-refractivity contribution in [1.82, 2.24) is 19.7 Å². The number of likely N-dealkylation sites (tertiary alicyclic amines) is 1. The van der Waals surface area contributed by atoms with Crippen LogP contribution in [0.25, 0.3) is 0 Å². The fraction of sp³-hybridized carbons (Fsp3) is 0.381. The molecule has 4 heterocycles. The monoisotopic (exact) mass is 377 g/mol. The number of carbonyl (C=O) groups excluding carboxylic acids is 1. The smallest absolute Gasteiger partial charge is 0.297 e. The second kappa shape index (κ2) is 6.51. The van der Waals surface area contributed by atoms with Crippen LogP contribution in [0, 0.1) is 11.3 Å². The lowest BCUT2D eigenvalue weighted by Crippen LogP contribution is -2.60. The van der Waals surface area contributed by atoms with Crippen molar-refractivity contribution in [3.63, 3.8) is 0 Å². The molecule has 2 fully saturated rings. The number of amides is 1. The van der Waals surface area contributed by atoms with E-state index in [0.29, 0.717) is 24.0 Å².